The van der Waals surface area contributed by atoms with Crippen molar-refractivity contribution in [1.29, 1.82) is 0 Å². The summed E-state index contributed by atoms with van der Waals surface area (Å²) in [4.78, 5) is 166. The van der Waals surface area contributed by atoms with E-state index in [0.29, 0.717) is 24.5 Å². The summed E-state index contributed by atoms with van der Waals surface area (Å²) in [7, 11) is 25.0. The van der Waals surface area contributed by atoms with Crippen LogP contribution in [0, 0.1) is 0 Å². The standard InChI is InChI=1S/2C10H16N2O8.C6H8N2.4C3H9N.4C3H6O2.C2H8N2.4C2H4O2.2Na/c2*13-7(14)3-11(4-8(15)16)1-2-12(5-9(17)18)6-10(19)20;7-5-3-1-2-4-6(5)8;4*1-4(2)3;4*1-2-3(4)5;3-1-2-4;4*1-2(3)4;;/h2*1-6H2,(H,13,14)(H,15,16)(H,17,18)(H,19,20);1-4H,7-8H2;4*1-3H3;4*2H2,1H3,(H,4,5);1-4H2;4*1H3,(H,3,4);;/q;;;;;;;;;;;;;;;;2*+1/p-2. The first-order valence-corrected chi connectivity index (χ1v) is 30.3. The van der Waals surface area contributed by atoms with E-state index in [-0.39, 0.29) is 111 Å². The number of nitrogen functional groups attached to an aromatic ring is 2. The van der Waals surface area contributed by atoms with E-state index in [4.69, 9.17) is 93.2 Å². The van der Waals surface area contributed by atoms with Gasteiger partial charge in [0.05, 0.1) is 145 Å². The van der Waals surface area contributed by atoms with Gasteiger partial charge in [-0.05, 0) is 12.1 Å². The van der Waals surface area contributed by atoms with Gasteiger partial charge in [-0.2, -0.15) is 0 Å². The van der Waals surface area contributed by atoms with Gasteiger partial charge in [0.15, 0.2) is 0 Å². The molecule has 0 fully saturated rings. The van der Waals surface area contributed by atoms with Crippen molar-refractivity contribution < 1.29 is 237 Å². The van der Waals surface area contributed by atoms with Gasteiger partial charge in [-0.3, -0.25) is 67.5 Å². The number of rotatable bonds is 27. The maximum absolute atomic E-state index is 10.5. The number of aliphatic carboxylic acids is 16. The van der Waals surface area contributed by atoms with Gasteiger partial charge < -0.3 is 153 Å². The number of carbonyl (C=O) groups is 16. The summed E-state index contributed by atoms with van der Waals surface area (Å²) in [6.07, 6.45) is 0.889. The van der Waals surface area contributed by atoms with Crippen molar-refractivity contribution in [1.82, 2.24) is 19.6 Å². The van der Waals surface area contributed by atoms with E-state index in [1.165, 1.54) is 19.6 Å². The molecule has 44 nitrogen and oxygen atoms in total. The normalized spacial score (nSPS) is 8.70. The molecule has 0 spiro atoms. The van der Waals surface area contributed by atoms with Gasteiger partial charge in [-0.15, -0.1) is 0 Å². The Bertz CT molecular complexity index is 2020. The third kappa shape index (κ3) is 297. The number of hydrogen-bond acceptors (Lipinski definition) is 30. The largest absolute Gasteiger partial charge is 1.00 e. The van der Waals surface area contributed by atoms with Crippen LogP contribution in [0.1, 0.15) is 81.1 Å². The van der Waals surface area contributed by atoms with E-state index in [2.05, 4.69) is 84.6 Å². The Hall–Kier alpha value is -8.06. The Balaban J connectivity index is -0.0000000562. The Morgan fingerprint density at radius 3 is 0.472 bits per heavy atom. The van der Waals surface area contributed by atoms with Crippen molar-refractivity contribution in [2.24, 2.45) is 11.5 Å². The molecule has 616 valence electrons. The predicted molar refractivity (Wildman–Crippen MR) is 364 cm³/mol. The van der Waals surface area contributed by atoms with Crippen LogP contribution in [0.5, 0.6) is 0 Å². The zero-order valence-electron chi connectivity index (χ0n) is 65.6. The molecular weight excluding hydrogens is 1450 g/mol. The Labute approximate surface area is 664 Å². The first kappa shape index (κ1) is 140. The van der Waals surface area contributed by atoms with Gasteiger partial charge in [0.25, 0.3) is 23.9 Å². The number of hydrogen-bond donors (Lipinski definition) is 18. The Morgan fingerprint density at radius 1 is 0.302 bits per heavy atom. The molecule has 106 heavy (non-hydrogen) atoms. The van der Waals surface area contributed by atoms with Gasteiger partial charge >= 0.3 is 94.9 Å². The van der Waals surface area contributed by atoms with Crippen molar-refractivity contribution in [3.8, 4) is 0 Å². The molecule has 0 radical (unpaired) electrons. The van der Waals surface area contributed by atoms with Gasteiger partial charge in [0.2, 0.25) is 0 Å². The van der Waals surface area contributed by atoms with E-state index in [1.54, 1.807) is 39.8 Å². The number of para-hydroxylation sites is 2. The number of nitrogens with two attached hydrogens (primary N) is 4. The average molecular weight is 1570 g/mol. The van der Waals surface area contributed by atoms with Crippen LogP contribution in [0.25, 0.3) is 0 Å². The summed E-state index contributed by atoms with van der Waals surface area (Å²) < 4.78 is 0. The molecule has 1 rings (SSSR count). The predicted octanol–water partition coefficient (Wildman–Crippen LogP) is -21.1. The number of quaternary nitrogens is 4. The Kier molecular flexibility index (Phi) is 140. The van der Waals surface area contributed by atoms with Crippen LogP contribution >= 0.6 is 0 Å². The van der Waals surface area contributed by atoms with Crippen LogP contribution in [0.2, 0.25) is 0 Å². The van der Waals surface area contributed by atoms with Gasteiger partial charge in [-0.1, -0.05) is 39.8 Å². The molecule has 0 heterocycles. The number of nitrogens with one attached hydrogen (secondary N) is 4. The number of benzene rings is 1. The smallest absolute Gasteiger partial charge is 0.549 e. The van der Waals surface area contributed by atoms with E-state index >= 15 is 0 Å². The minimum Gasteiger partial charge on any atom is -0.549 e. The Morgan fingerprint density at radius 2 is 0.406 bits per heavy atom. The molecule has 1 aromatic carbocycles. The molecular formula is C60H122N12Na2O32. The van der Waals surface area contributed by atoms with Crippen LogP contribution < -0.4 is 132 Å². The molecule has 0 amide bonds. The average Bonchev–Trinajstić information content (AvgIpc) is 0.949. The van der Waals surface area contributed by atoms with E-state index in [0.717, 1.165) is 47.3 Å². The van der Waals surface area contributed by atoms with Crippen LogP contribution in [-0.2, 0) is 76.7 Å². The molecule has 0 atom stereocenters. The quantitative estimate of drug-likeness (QED) is 0.0287. The third-order valence-corrected chi connectivity index (χ3v) is 6.67. The number of carboxylic acids is 16. The molecule has 22 N–H and O–H groups in total. The van der Waals surface area contributed by atoms with Crippen LogP contribution in [-0.4, -0.2) is 342 Å². The second-order valence-electron chi connectivity index (χ2n) is 21.1. The molecule has 0 unspecified atom stereocenters. The second-order valence-corrected chi connectivity index (χ2v) is 21.1. The first-order chi connectivity index (χ1) is 47.1. The maximum Gasteiger partial charge on any atom is 1.00 e. The molecule has 0 aliphatic carbocycles. The summed E-state index contributed by atoms with van der Waals surface area (Å²) in [5, 5.41) is 140. The van der Waals surface area contributed by atoms with Crippen LogP contribution in [0.4, 0.5) is 11.4 Å². The van der Waals surface area contributed by atoms with Gasteiger partial charge in [0, 0.05) is 132 Å². The summed E-state index contributed by atoms with van der Waals surface area (Å²) in [6, 6.07) is 7.25. The van der Waals surface area contributed by atoms with E-state index in [9.17, 15) is 88.2 Å². The molecule has 0 aromatic heterocycles. The van der Waals surface area contributed by atoms with E-state index < -0.39 is 148 Å². The fourth-order valence-electron chi connectivity index (χ4n) is 3.41. The zero-order chi connectivity index (χ0) is 86.6. The van der Waals surface area contributed by atoms with Crippen molar-refractivity contribution in [3.05, 3.63) is 24.3 Å². The van der Waals surface area contributed by atoms with Crippen LogP contribution in [0.15, 0.2) is 24.3 Å². The van der Waals surface area contributed by atoms with E-state index in [1.807, 2.05) is 12.1 Å². The fraction of sp³-hybridized carbons (Fsp3) is 0.633. The maximum atomic E-state index is 10.5. The summed E-state index contributed by atoms with van der Waals surface area (Å²) in [6.45, 7) is 5.92. The van der Waals surface area contributed by atoms with Crippen molar-refractivity contribution in [2.75, 3.05) is 188 Å². The van der Waals surface area contributed by atoms with Gasteiger partial charge in [-0.25, -0.2) is 0 Å². The summed E-state index contributed by atoms with van der Waals surface area (Å²) >= 11 is 0. The van der Waals surface area contributed by atoms with Crippen molar-refractivity contribution >= 4 is 107 Å². The SMILES string of the molecule is CC(=O)O.CC(=O)O.CC(=O)O.CC(=O)O.CCC(=O)O.CCC(=O)O.CCC(=O)O.CCC(=O)O.C[NH+](C)C.C[NH+](C)C.C[NH+](C)C.C[NH+](C)C.NCCN.Nc1ccccc1N.O=C([O-])CN(CCN(CC(=O)O)CC(=O)O)CC(=O)[O-].O=C([O-])CN(CCN(CC(=O)[O-])CC(=O)[O-])CC(=O)[O-].[Na+].[Na+]. The fourth-order valence-corrected chi connectivity index (χ4v) is 3.41. The number of nitrogens with zero attached hydrogens (tertiary/aromatic N) is 4. The molecule has 1 aromatic rings. The molecule has 0 aliphatic rings. The van der Waals surface area contributed by atoms with Crippen LogP contribution in [0.3, 0.4) is 0 Å². The third-order valence-electron chi connectivity index (χ3n) is 6.67. The number of carboxylic acid groups (broad SMARTS) is 16. The first-order valence-electron chi connectivity index (χ1n) is 30.3. The molecule has 0 saturated heterocycles. The second kappa shape index (κ2) is 106. The minimum absolute atomic E-state index is 0. The number of anilines is 2. The monoisotopic (exact) mass is 1570 g/mol. The number of carbonyl (C=O) groups excluding carboxylic acids is 6. The van der Waals surface area contributed by atoms with Crippen molar-refractivity contribution in [2.45, 2.75) is 81.1 Å². The topological polar surface area (TPSA) is 749 Å². The van der Waals surface area contributed by atoms with Crippen molar-refractivity contribution in [3.63, 3.8) is 0 Å². The molecule has 0 aliphatic heterocycles. The van der Waals surface area contributed by atoms with Gasteiger partial charge in [0.1, 0.15) is 0 Å². The summed E-state index contributed by atoms with van der Waals surface area (Å²) in [5.41, 5.74) is 21.9. The molecule has 0 bridgehead atoms. The summed E-state index contributed by atoms with van der Waals surface area (Å²) in [5.74, 6) is -17.9. The minimum atomic E-state index is -1.53. The molecule has 0 saturated carbocycles. The molecule has 46 heteroatoms. The zero-order valence-corrected chi connectivity index (χ0v) is 69.6.